The van der Waals surface area contributed by atoms with E-state index in [9.17, 15) is 4.79 Å². The van der Waals surface area contributed by atoms with Crippen LogP contribution in [0.5, 0.6) is 5.75 Å². The molecule has 1 aliphatic rings. The lowest BCUT2D eigenvalue weighted by atomic mass is 10.1. The standard InChI is InChI=1S/C13H18N2O2/c1-3-4-7-14-12-10-6-5-9(17-2)8-11(10)15-13(12)16/h5-6,8,12,14H,3-4,7H2,1-2H3,(H,15,16). The Balaban J connectivity index is 2.13. The molecule has 1 unspecified atom stereocenters. The Kier molecular flexibility index (Phi) is 3.64. The third kappa shape index (κ3) is 2.42. The van der Waals surface area contributed by atoms with Crippen LogP contribution in [0.1, 0.15) is 31.4 Å². The van der Waals surface area contributed by atoms with Crippen LogP contribution in [0.25, 0.3) is 0 Å². The maximum atomic E-state index is 11.8. The average molecular weight is 234 g/mol. The molecule has 0 aliphatic carbocycles. The third-order valence-electron chi connectivity index (χ3n) is 2.97. The Morgan fingerprint density at radius 1 is 1.47 bits per heavy atom. The van der Waals surface area contributed by atoms with Gasteiger partial charge in [0.2, 0.25) is 5.91 Å². The maximum absolute atomic E-state index is 11.8. The summed E-state index contributed by atoms with van der Waals surface area (Å²) in [7, 11) is 1.62. The number of nitrogens with one attached hydrogen (secondary N) is 2. The summed E-state index contributed by atoms with van der Waals surface area (Å²) in [4.78, 5) is 11.8. The highest BCUT2D eigenvalue weighted by Crippen LogP contribution is 2.33. The van der Waals surface area contributed by atoms with Crippen molar-refractivity contribution in [1.82, 2.24) is 5.32 Å². The largest absolute Gasteiger partial charge is 0.497 e. The molecule has 0 spiro atoms. The van der Waals surface area contributed by atoms with E-state index in [1.165, 1.54) is 0 Å². The van der Waals surface area contributed by atoms with E-state index >= 15 is 0 Å². The molecule has 0 aromatic heterocycles. The predicted molar refractivity (Wildman–Crippen MR) is 67.3 cm³/mol. The van der Waals surface area contributed by atoms with Crippen molar-refractivity contribution in [2.45, 2.75) is 25.8 Å². The molecule has 4 heteroatoms. The molecule has 92 valence electrons. The Labute approximate surface area is 101 Å². The molecular formula is C13H18N2O2. The van der Waals surface area contributed by atoms with E-state index in [-0.39, 0.29) is 11.9 Å². The van der Waals surface area contributed by atoms with Gasteiger partial charge in [0, 0.05) is 17.3 Å². The quantitative estimate of drug-likeness (QED) is 0.767. The number of rotatable bonds is 5. The van der Waals surface area contributed by atoms with Crippen LogP contribution in [-0.2, 0) is 4.79 Å². The molecule has 1 heterocycles. The van der Waals surface area contributed by atoms with E-state index in [1.807, 2.05) is 18.2 Å². The molecule has 1 atom stereocenters. The zero-order valence-corrected chi connectivity index (χ0v) is 10.2. The molecule has 1 aliphatic heterocycles. The van der Waals surface area contributed by atoms with Crippen LogP contribution in [0.15, 0.2) is 18.2 Å². The summed E-state index contributed by atoms with van der Waals surface area (Å²) in [5.41, 5.74) is 1.86. The van der Waals surface area contributed by atoms with Crippen molar-refractivity contribution in [1.29, 1.82) is 0 Å². The van der Waals surface area contributed by atoms with Crippen LogP contribution < -0.4 is 15.4 Å². The van der Waals surface area contributed by atoms with Crippen LogP contribution in [0, 0.1) is 0 Å². The normalized spacial score (nSPS) is 17.8. The van der Waals surface area contributed by atoms with Crippen molar-refractivity contribution in [2.75, 3.05) is 19.0 Å². The average Bonchev–Trinajstić information content (AvgIpc) is 2.65. The second kappa shape index (κ2) is 5.19. The molecule has 2 N–H and O–H groups in total. The number of anilines is 1. The van der Waals surface area contributed by atoms with Gasteiger partial charge in [-0.3, -0.25) is 4.79 Å². The SMILES string of the molecule is CCCCNC1C(=O)Nc2cc(OC)ccc21. The van der Waals surface area contributed by atoms with Crippen molar-refractivity contribution in [3.05, 3.63) is 23.8 Å². The van der Waals surface area contributed by atoms with Gasteiger partial charge in [-0.15, -0.1) is 0 Å². The molecule has 1 aromatic carbocycles. The second-order valence-electron chi connectivity index (χ2n) is 4.18. The third-order valence-corrected chi connectivity index (χ3v) is 2.97. The van der Waals surface area contributed by atoms with E-state index < -0.39 is 0 Å². The fourth-order valence-electron chi connectivity index (χ4n) is 1.99. The first-order valence-electron chi connectivity index (χ1n) is 5.98. The van der Waals surface area contributed by atoms with Gasteiger partial charge in [0.15, 0.2) is 0 Å². The van der Waals surface area contributed by atoms with Crippen molar-refractivity contribution < 1.29 is 9.53 Å². The lowest BCUT2D eigenvalue weighted by molar-refractivity contribution is -0.117. The van der Waals surface area contributed by atoms with Crippen LogP contribution in [0.4, 0.5) is 5.69 Å². The molecule has 2 rings (SSSR count). The molecule has 4 nitrogen and oxygen atoms in total. The van der Waals surface area contributed by atoms with E-state index in [2.05, 4.69) is 17.6 Å². The number of carbonyl (C=O) groups excluding carboxylic acids is 1. The summed E-state index contributed by atoms with van der Waals surface area (Å²) in [5, 5.41) is 6.14. The van der Waals surface area contributed by atoms with Gasteiger partial charge in [0.1, 0.15) is 11.8 Å². The van der Waals surface area contributed by atoms with E-state index in [4.69, 9.17) is 4.74 Å². The van der Waals surface area contributed by atoms with Gasteiger partial charge in [0.05, 0.1) is 7.11 Å². The first-order valence-corrected chi connectivity index (χ1v) is 5.98. The Hall–Kier alpha value is -1.55. The monoisotopic (exact) mass is 234 g/mol. The fraction of sp³-hybridized carbons (Fsp3) is 0.462. The molecule has 0 saturated carbocycles. The molecule has 0 fully saturated rings. The number of carbonyl (C=O) groups is 1. The van der Waals surface area contributed by atoms with Gasteiger partial charge in [-0.05, 0) is 19.0 Å². The highest BCUT2D eigenvalue weighted by atomic mass is 16.5. The second-order valence-corrected chi connectivity index (χ2v) is 4.18. The number of amides is 1. The number of hydrogen-bond acceptors (Lipinski definition) is 3. The summed E-state index contributed by atoms with van der Waals surface area (Å²) in [6.45, 7) is 3.00. The van der Waals surface area contributed by atoms with Crippen LogP contribution >= 0.6 is 0 Å². The first kappa shape index (κ1) is 11.9. The minimum atomic E-state index is -0.220. The minimum absolute atomic E-state index is 0.0179. The lowest BCUT2D eigenvalue weighted by Crippen LogP contribution is -2.28. The number of benzene rings is 1. The Morgan fingerprint density at radius 2 is 2.29 bits per heavy atom. The van der Waals surface area contributed by atoms with Crippen molar-refractivity contribution in [2.24, 2.45) is 0 Å². The smallest absolute Gasteiger partial charge is 0.246 e. The van der Waals surface area contributed by atoms with Gasteiger partial charge >= 0.3 is 0 Å². The number of ether oxygens (including phenoxy) is 1. The first-order chi connectivity index (χ1) is 8.26. The van der Waals surface area contributed by atoms with Gasteiger partial charge < -0.3 is 15.4 Å². The molecule has 1 aromatic rings. The van der Waals surface area contributed by atoms with Crippen LogP contribution in [-0.4, -0.2) is 19.6 Å². The summed E-state index contributed by atoms with van der Waals surface area (Å²) >= 11 is 0. The van der Waals surface area contributed by atoms with Crippen LogP contribution in [0.2, 0.25) is 0 Å². The number of unbranched alkanes of at least 4 members (excludes halogenated alkanes) is 1. The maximum Gasteiger partial charge on any atom is 0.246 e. The molecule has 17 heavy (non-hydrogen) atoms. The van der Waals surface area contributed by atoms with E-state index in [0.29, 0.717) is 0 Å². The van der Waals surface area contributed by atoms with Gasteiger partial charge in [0.25, 0.3) is 0 Å². The fourth-order valence-corrected chi connectivity index (χ4v) is 1.99. The van der Waals surface area contributed by atoms with Crippen molar-refractivity contribution in [3.63, 3.8) is 0 Å². The lowest BCUT2D eigenvalue weighted by Gasteiger charge is -2.11. The number of fused-ring (bicyclic) bond motifs is 1. The highest BCUT2D eigenvalue weighted by molar-refractivity contribution is 6.02. The van der Waals surface area contributed by atoms with Gasteiger partial charge in [-0.1, -0.05) is 19.4 Å². The zero-order chi connectivity index (χ0) is 12.3. The molecule has 0 radical (unpaired) electrons. The zero-order valence-electron chi connectivity index (χ0n) is 10.2. The molecular weight excluding hydrogens is 216 g/mol. The molecule has 0 saturated heterocycles. The number of methoxy groups -OCH3 is 1. The van der Waals surface area contributed by atoms with Crippen LogP contribution in [0.3, 0.4) is 0 Å². The summed E-state index contributed by atoms with van der Waals surface area (Å²) in [6, 6.07) is 5.46. The van der Waals surface area contributed by atoms with Crippen molar-refractivity contribution >= 4 is 11.6 Å². The van der Waals surface area contributed by atoms with Gasteiger partial charge in [-0.25, -0.2) is 0 Å². The predicted octanol–water partition coefficient (Wildman–Crippen LogP) is 2.08. The topological polar surface area (TPSA) is 50.4 Å². The summed E-state index contributed by atoms with van der Waals surface area (Å²) in [6.07, 6.45) is 2.20. The van der Waals surface area contributed by atoms with Crippen molar-refractivity contribution in [3.8, 4) is 5.75 Å². The summed E-state index contributed by atoms with van der Waals surface area (Å²) < 4.78 is 5.14. The minimum Gasteiger partial charge on any atom is -0.497 e. The molecule has 1 amide bonds. The van der Waals surface area contributed by atoms with E-state index in [0.717, 1.165) is 36.4 Å². The Bertz CT molecular complexity index is 418. The Morgan fingerprint density at radius 3 is 3.00 bits per heavy atom. The summed E-state index contributed by atoms with van der Waals surface area (Å²) in [5.74, 6) is 0.780. The highest BCUT2D eigenvalue weighted by Gasteiger charge is 2.29. The van der Waals surface area contributed by atoms with E-state index in [1.54, 1.807) is 7.11 Å². The van der Waals surface area contributed by atoms with Gasteiger partial charge in [-0.2, -0.15) is 0 Å². The number of hydrogen-bond donors (Lipinski definition) is 2. The molecule has 0 bridgehead atoms.